The minimum atomic E-state index is -3.87. The minimum absolute atomic E-state index is 0.0140. The summed E-state index contributed by atoms with van der Waals surface area (Å²) in [5, 5.41) is 6.11. The predicted octanol–water partition coefficient (Wildman–Crippen LogP) is 4.83. The van der Waals surface area contributed by atoms with Crippen LogP contribution in [0.4, 0.5) is 4.79 Å². The van der Waals surface area contributed by atoms with Gasteiger partial charge in [-0.15, -0.1) is 0 Å². The summed E-state index contributed by atoms with van der Waals surface area (Å²) in [5.41, 5.74) is -0.0106. The number of aromatic nitrogens is 1. The number of pyridine rings is 1. The zero-order valence-electron chi connectivity index (χ0n) is 32.9. The molecule has 4 amide bonds. The lowest BCUT2D eigenvalue weighted by atomic mass is 9.96. The molecular formula is C42H55N5O9S. The Morgan fingerprint density at radius 3 is 2.51 bits per heavy atom. The summed E-state index contributed by atoms with van der Waals surface area (Å²) in [6.07, 6.45) is 12.6. The molecule has 1 saturated heterocycles. The van der Waals surface area contributed by atoms with Gasteiger partial charge in [0.1, 0.15) is 35.6 Å². The largest absolute Gasteiger partial charge is 0.496 e. The number of nitrogens with one attached hydrogen (secondary N) is 3. The van der Waals surface area contributed by atoms with Crippen molar-refractivity contribution in [3.05, 3.63) is 42.0 Å². The van der Waals surface area contributed by atoms with Crippen molar-refractivity contribution in [3.63, 3.8) is 0 Å². The number of amides is 4. The first-order chi connectivity index (χ1) is 27.5. The van der Waals surface area contributed by atoms with E-state index in [2.05, 4.69) is 27.5 Å². The number of alkyl carbamates (subject to hydrolysis) is 1. The van der Waals surface area contributed by atoms with Crippen LogP contribution in [0.1, 0.15) is 102 Å². The number of para-hydroxylation sites is 1. The van der Waals surface area contributed by atoms with Gasteiger partial charge < -0.3 is 29.7 Å². The highest BCUT2D eigenvalue weighted by Crippen LogP contribution is 2.47. The van der Waals surface area contributed by atoms with Crippen LogP contribution in [0.5, 0.6) is 11.6 Å². The van der Waals surface area contributed by atoms with Crippen LogP contribution in [0.3, 0.4) is 0 Å². The molecule has 2 aromatic rings. The molecule has 4 saturated carbocycles. The summed E-state index contributed by atoms with van der Waals surface area (Å²) in [7, 11) is -2.25. The fourth-order valence-electron chi connectivity index (χ4n) is 9.81. The first-order valence-electron chi connectivity index (χ1n) is 20.9. The zero-order chi connectivity index (χ0) is 39.9. The van der Waals surface area contributed by atoms with Crippen molar-refractivity contribution in [2.24, 2.45) is 17.8 Å². The number of benzene rings is 1. The number of hydrogen-bond donors (Lipinski definition) is 3. The van der Waals surface area contributed by atoms with Crippen LogP contribution in [0.2, 0.25) is 0 Å². The van der Waals surface area contributed by atoms with E-state index >= 15 is 0 Å². The van der Waals surface area contributed by atoms with Crippen LogP contribution in [-0.2, 0) is 35.6 Å². The Balaban J connectivity index is 1.15. The molecule has 4 aliphatic carbocycles. The number of allylic oxidation sites excluding steroid dienone is 2. The van der Waals surface area contributed by atoms with E-state index in [1.807, 2.05) is 31.2 Å². The van der Waals surface area contributed by atoms with Gasteiger partial charge in [-0.05, 0) is 101 Å². The Bertz CT molecular complexity index is 2030. The van der Waals surface area contributed by atoms with Crippen LogP contribution >= 0.6 is 0 Å². The van der Waals surface area contributed by atoms with Gasteiger partial charge in [0.25, 0.3) is 5.91 Å². The van der Waals surface area contributed by atoms with Crippen LogP contribution in [0, 0.1) is 17.8 Å². The first-order valence-corrected chi connectivity index (χ1v) is 22.5. The van der Waals surface area contributed by atoms with Gasteiger partial charge in [-0.3, -0.25) is 19.1 Å². The molecule has 1 aromatic carbocycles. The lowest BCUT2D eigenvalue weighted by molar-refractivity contribution is -0.142. The quantitative estimate of drug-likeness (QED) is 0.313. The predicted molar refractivity (Wildman–Crippen MR) is 211 cm³/mol. The summed E-state index contributed by atoms with van der Waals surface area (Å²) in [4.78, 5) is 63.2. The van der Waals surface area contributed by atoms with E-state index in [0.717, 1.165) is 68.7 Å². The Kier molecular flexibility index (Phi) is 11.1. The third-order valence-corrected chi connectivity index (χ3v) is 15.1. The average Bonchev–Trinajstić information content (AvgIpc) is 3.98. The fourth-order valence-corrected chi connectivity index (χ4v) is 11.2. The maximum absolute atomic E-state index is 14.9. The van der Waals surface area contributed by atoms with Gasteiger partial charge in [-0.25, -0.2) is 18.2 Å². The molecule has 0 spiro atoms. The summed E-state index contributed by atoms with van der Waals surface area (Å²) in [6.45, 7) is 1.90. The maximum atomic E-state index is 14.9. The van der Waals surface area contributed by atoms with Crippen LogP contribution in [0.15, 0.2) is 36.4 Å². The Hall–Kier alpha value is -4.40. The summed E-state index contributed by atoms with van der Waals surface area (Å²) in [5.74, 6) is -1.00. The van der Waals surface area contributed by atoms with Gasteiger partial charge in [-0.2, -0.15) is 0 Å². The zero-order valence-corrected chi connectivity index (χ0v) is 33.7. The van der Waals surface area contributed by atoms with Gasteiger partial charge in [0.15, 0.2) is 0 Å². The van der Waals surface area contributed by atoms with Crippen molar-refractivity contribution in [3.8, 4) is 11.6 Å². The molecule has 14 nitrogen and oxygen atoms in total. The van der Waals surface area contributed by atoms with E-state index in [1.165, 1.54) is 4.90 Å². The van der Waals surface area contributed by atoms with Crippen molar-refractivity contribution in [1.82, 2.24) is 25.2 Å². The number of methoxy groups -OCH3 is 1. The second kappa shape index (κ2) is 16.1. The van der Waals surface area contributed by atoms with Crippen molar-refractivity contribution in [2.75, 3.05) is 13.7 Å². The molecule has 15 heteroatoms. The molecule has 2 aliphatic heterocycles. The lowest BCUT2D eigenvalue weighted by Gasteiger charge is -2.32. The summed E-state index contributed by atoms with van der Waals surface area (Å²) >= 11 is 0. The van der Waals surface area contributed by atoms with Crippen molar-refractivity contribution in [1.29, 1.82) is 0 Å². The maximum Gasteiger partial charge on any atom is 0.408 e. The van der Waals surface area contributed by atoms with Gasteiger partial charge in [0, 0.05) is 11.8 Å². The Labute approximate surface area is 334 Å². The van der Waals surface area contributed by atoms with Crippen LogP contribution in [-0.4, -0.2) is 90.9 Å². The number of fused-ring (bicyclic) bond motifs is 5. The SMILES string of the molecule is CC[C@@H]1C[C@]1(NC(=O)[C@@H]1C[C@@H]2CN1C(=O)[C@H](C1CCCC1)NC(=O)OC1CCC[C@H]1CC/C=C/Cc1c(nc3ccccc3c1OC)O2)C(=O)NS(=O)(=O)C1CC1. The highest BCUT2D eigenvalue weighted by atomic mass is 32.2. The Morgan fingerprint density at radius 2 is 1.77 bits per heavy atom. The second-order valence-electron chi connectivity index (χ2n) is 16.9. The van der Waals surface area contributed by atoms with E-state index < -0.39 is 62.8 Å². The van der Waals surface area contributed by atoms with Gasteiger partial charge in [0.2, 0.25) is 27.7 Å². The smallest absolute Gasteiger partial charge is 0.408 e. The average molecular weight is 806 g/mol. The van der Waals surface area contributed by atoms with E-state index in [0.29, 0.717) is 42.8 Å². The van der Waals surface area contributed by atoms with Gasteiger partial charge in [-0.1, -0.05) is 50.5 Å². The molecule has 8 rings (SSSR count). The molecule has 1 aromatic heterocycles. The van der Waals surface area contributed by atoms with E-state index in [-0.39, 0.29) is 43.2 Å². The number of nitrogens with zero attached hydrogens (tertiary/aromatic N) is 2. The van der Waals surface area contributed by atoms with Crippen LogP contribution in [0.25, 0.3) is 10.9 Å². The highest BCUT2D eigenvalue weighted by Gasteiger charge is 2.62. The van der Waals surface area contributed by atoms with Gasteiger partial charge in [0.05, 0.1) is 30.0 Å². The van der Waals surface area contributed by atoms with Gasteiger partial charge >= 0.3 is 6.09 Å². The molecule has 6 aliphatic rings. The van der Waals surface area contributed by atoms with E-state index in [4.69, 9.17) is 19.2 Å². The number of carbonyl (C=O) groups excluding carboxylic acids is 4. The number of sulfonamides is 1. The van der Waals surface area contributed by atoms with Crippen molar-refractivity contribution >= 4 is 44.7 Å². The second-order valence-corrected chi connectivity index (χ2v) is 18.9. The standard InChI is InChI=1S/C42H55N5O9S/c1-3-27-23-42(27,40(50)46-57(52,53)29-20-21-29)45-37(48)33-22-28-24-47(33)39(49)35(26-13-7-8-14-26)44-41(51)56-34-19-11-15-25(34)12-5-4-6-17-31-36(54-2)30-16-9-10-18-32(30)43-38(31)55-28/h4,6,9-10,16,18,25-29,33-35H,3,5,7-8,11-15,17,19-24H2,1-2H3,(H,44,51)(H,45,48)(H,46,50)/b6-4+/t25-,27-,28-,33+,34?,35+,42-/m1/s1. The molecule has 5 fully saturated rings. The third-order valence-electron chi connectivity index (χ3n) is 13.2. The molecule has 308 valence electrons. The topological polar surface area (TPSA) is 182 Å². The molecule has 57 heavy (non-hydrogen) atoms. The highest BCUT2D eigenvalue weighted by molar-refractivity contribution is 7.91. The monoisotopic (exact) mass is 805 g/mol. The molecular weight excluding hydrogens is 751 g/mol. The normalized spacial score (nSPS) is 31.5. The Morgan fingerprint density at radius 1 is 1.00 bits per heavy atom. The molecule has 7 atom stereocenters. The molecule has 2 bridgehead atoms. The molecule has 3 N–H and O–H groups in total. The lowest BCUT2D eigenvalue weighted by Crippen LogP contribution is -2.59. The third kappa shape index (κ3) is 8.05. The summed E-state index contributed by atoms with van der Waals surface area (Å²) in [6, 6.07) is 5.63. The van der Waals surface area contributed by atoms with Crippen molar-refractivity contribution < 1.29 is 41.8 Å². The number of hydrogen-bond acceptors (Lipinski definition) is 10. The number of carbonyl (C=O) groups is 4. The molecule has 3 heterocycles. The van der Waals surface area contributed by atoms with Crippen LogP contribution < -0.4 is 24.8 Å². The van der Waals surface area contributed by atoms with Crippen molar-refractivity contribution in [2.45, 2.75) is 138 Å². The van der Waals surface area contributed by atoms with E-state index in [9.17, 15) is 27.6 Å². The minimum Gasteiger partial charge on any atom is -0.496 e. The fraction of sp³-hybridized carbons (Fsp3) is 0.643. The first kappa shape index (κ1) is 39.4. The van der Waals surface area contributed by atoms with E-state index in [1.54, 1.807) is 7.11 Å². The summed E-state index contributed by atoms with van der Waals surface area (Å²) < 4.78 is 46.7. The number of rotatable bonds is 8. The molecule has 0 radical (unpaired) electrons. The molecule has 1 unspecified atom stereocenters. The number of ether oxygens (including phenoxy) is 3.